The summed E-state index contributed by atoms with van der Waals surface area (Å²) in [7, 11) is 0. The van der Waals surface area contributed by atoms with Crippen molar-refractivity contribution in [2.75, 3.05) is 23.3 Å². The van der Waals surface area contributed by atoms with Gasteiger partial charge in [0.05, 0.1) is 0 Å². The number of anilines is 2. The molecule has 0 unspecified atom stereocenters. The van der Waals surface area contributed by atoms with Gasteiger partial charge in [-0.25, -0.2) is 9.97 Å². The molecule has 1 aliphatic heterocycles. The zero-order valence-electron chi connectivity index (χ0n) is 13.4. The molecule has 0 radical (unpaired) electrons. The Hall–Kier alpha value is -2.33. The van der Waals surface area contributed by atoms with Gasteiger partial charge in [-0.1, -0.05) is 35.9 Å². The summed E-state index contributed by atoms with van der Waals surface area (Å²) in [6, 6.07) is 14.2. The maximum absolute atomic E-state index is 6.29. The average Bonchev–Trinajstić information content (AvgIpc) is 3.15. The molecule has 5 heteroatoms. The van der Waals surface area contributed by atoms with Crippen molar-refractivity contribution >= 4 is 34.0 Å². The Morgan fingerprint density at radius 1 is 1.08 bits per heavy atom. The Balaban J connectivity index is 1.51. The third-order valence-corrected chi connectivity index (χ3v) is 4.70. The molecule has 0 spiro atoms. The van der Waals surface area contributed by atoms with E-state index in [9.17, 15) is 0 Å². The van der Waals surface area contributed by atoms with Crippen LogP contribution in [0.4, 0.5) is 11.6 Å². The highest BCUT2D eigenvalue weighted by atomic mass is 35.5. The Bertz CT molecular complexity index is 859. The zero-order valence-corrected chi connectivity index (χ0v) is 14.1. The fraction of sp³-hybridized carbons (Fsp3) is 0.263. The molecule has 1 N–H and O–H groups in total. The van der Waals surface area contributed by atoms with Gasteiger partial charge in [-0.05, 0) is 42.0 Å². The highest BCUT2D eigenvalue weighted by molar-refractivity contribution is 6.34. The van der Waals surface area contributed by atoms with E-state index in [1.54, 1.807) is 0 Å². The first kappa shape index (κ1) is 15.2. The number of nitrogens with one attached hydrogen (secondary N) is 1. The van der Waals surface area contributed by atoms with Crippen LogP contribution in [0.3, 0.4) is 0 Å². The minimum absolute atomic E-state index is 0.531. The molecule has 24 heavy (non-hydrogen) atoms. The van der Waals surface area contributed by atoms with E-state index < -0.39 is 0 Å². The van der Waals surface area contributed by atoms with Gasteiger partial charge >= 0.3 is 0 Å². The number of hydrogen-bond acceptors (Lipinski definition) is 4. The molecule has 3 heterocycles. The number of rotatable bonds is 4. The number of aromatic nitrogens is 2. The Morgan fingerprint density at radius 3 is 2.79 bits per heavy atom. The van der Waals surface area contributed by atoms with Crippen molar-refractivity contribution in [3.63, 3.8) is 0 Å². The summed E-state index contributed by atoms with van der Waals surface area (Å²) >= 11 is 6.29. The third-order valence-electron chi connectivity index (χ3n) is 4.41. The van der Waals surface area contributed by atoms with E-state index in [1.165, 1.54) is 18.4 Å². The molecule has 122 valence electrons. The monoisotopic (exact) mass is 338 g/mol. The van der Waals surface area contributed by atoms with Crippen molar-refractivity contribution in [3.05, 3.63) is 59.4 Å². The van der Waals surface area contributed by atoms with Crippen LogP contribution in [0.2, 0.25) is 5.15 Å². The van der Waals surface area contributed by atoms with E-state index in [-0.39, 0.29) is 0 Å². The van der Waals surface area contributed by atoms with Gasteiger partial charge in [0.15, 0.2) is 0 Å². The zero-order chi connectivity index (χ0) is 16.4. The van der Waals surface area contributed by atoms with Gasteiger partial charge < -0.3 is 10.2 Å². The van der Waals surface area contributed by atoms with Gasteiger partial charge in [-0.2, -0.15) is 0 Å². The van der Waals surface area contributed by atoms with E-state index in [0.717, 1.165) is 35.5 Å². The second kappa shape index (κ2) is 6.65. The fourth-order valence-electron chi connectivity index (χ4n) is 3.13. The summed E-state index contributed by atoms with van der Waals surface area (Å²) in [4.78, 5) is 11.3. The standard InChI is InChI=1S/C19H19ClN4/c20-19-16-6-2-1-5-15(16)12-17(23-19)22-13-14-7-8-21-18(11-14)24-9-3-4-10-24/h1-2,5-8,11-12H,3-4,9-10,13H2,(H,22,23). The maximum Gasteiger partial charge on any atom is 0.139 e. The molecule has 4 nitrogen and oxygen atoms in total. The number of pyridine rings is 2. The summed E-state index contributed by atoms with van der Waals surface area (Å²) in [6.07, 6.45) is 4.39. The quantitative estimate of drug-likeness (QED) is 0.711. The van der Waals surface area contributed by atoms with Crippen molar-refractivity contribution in [2.24, 2.45) is 0 Å². The van der Waals surface area contributed by atoms with Crippen molar-refractivity contribution in [3.8, 4) is 0 Å². The lowest BCUT2D eigenvalue weighted by Crippen LogP contribution is -2.19. The third kappa shape index (κ3) is 3.15. The lowest BCUT2D eigenvalue weighted by molar-refractivity contribution is 0.931. The minimum Gasteiger partial charge on any atom is -0.366 e. The SMILES string of the molecule is Clc1nc(NCc2ccnc(N3CCCC3)c2)cc2ccccc12. The first-order chi connectivity index (χ1) is 11.8. The van der Waals surface area contributed by atoms with Crippen LogP contribution in [0, 0.1) is 0 Å². The Morgan fingerprint density at radius 2 is 1.92 bits per heavy atom. The molecular formula is C19H19ClN4. The first-order valence-corrected chi connectivity index (χ1v) is 8.66. The molecule has 3 aromatic rings. The molecule has 2 aromatic heterocycles. The van der Waals surface area contributed by atoms with Gasteiger partial charge in [0.2, 0.25) is 0 Å². The van der Waals surface area contributed by atoms with Crippen LogP contribution in [0.25, 0.3) is 10.8 Å². The molecule has 1 aromatic carbocycles. The van der Waals surface area contributed by atoms with Gasteiger partial charge in [0, 0.05) is 31.2 Å². The van der Waals surface area contributed by atoms with E-state index in [1.807, 2.05) is 42.6 Å². The summed E-state index contributed by atoms with van der Waals surface area (Å²) in [6.45, 7) is 2.91. The number of nitrogens with zero attached hydrogens (tertiary/aromatic N) is 3. The predicted octanol–water partition coefficient (Wildman–Crippen LogP) is 4.50. The molecule has 0 saturated carbocycles. The van der Waals surface area contributed by atoms with Crippen LogP contribution in [-0.2, 0) is 6.54 Å². The normalized spacial score (nSPS) is 14.3. The largest absolute Gasteiger partial charge is 0.366 e. The molecule has 4 rings (SSSR count). The molecule has 1 fully saturated rings. The second-order valence-corrected chi connectivity index (χ2v) is 6.45. The number of benzene rings is 1. The van der Waals surface area contributed by atoms with Gasteiger partial charge in [0.25, 0.3) is 0 Å². The van der Waals surface area contributed by atoms with Crippen LogP contribution in [0.1, 0.15) is 18.4 Å². The smallest absolute Gasteiger partial charge is 0.139 e. The molecule has 1 aliphatic rings. The topological polar surface area (TPSA) is 41.1 Å². The number of fused-ring (bicyclic) bond motifs is 1. The van der Waals surface area contributed by atoms with Crippen molar-refractivity contribution in [2.45, 2.75) is 19.4 Å². The van der Waals surface area contributed by atoms with Crippen LogP contribution in [0.15, 0.2) is 48.7 Å². The lowest BCUT2D eigenvalue weighted by Gasteiger charge is -2.17. The molecule has 0 bridgehead atoms. The van der Waals surface area contributed by atoms with Crippen LogP contribution in [0.5, 0.6) is 0 Å². The molecule has 1 saturated heterocycles. The molecular weight excluding hydrogens is 320 g/mol. The van der Waals surface area contributed by atoms with Gasteiger partial charge in [-0.15, -0.1) is 0 Å². The number of hydrogen-bond donors (Lipinski definition) is 1. The maximum atomic E-state index is 6.29. The van der Waals surface area contributed by atoms with Crippen LogP contribution < -0.4 is 10.2 Å². The van der Waals surface area contributed by atoms with E-state index in [2.05, 4.69) is 26.3 Å². The van der Waals surface area contributed by atoms with Crippen LogP contribution >= 0.6 is 11.6 Å². The molecule has 0 aliphatic carbocycles. The molecule has 0 atom stereocenters. The van der Waals surface area contributed by atoms with E-state index in [4.69, 9.17) is 11.6 Å². The lowest BCUT2D eigenvalue weighted by atomic mass is 10.2. The van der Waals surface area contributed by atoms with Crippen LogP contribution in [-0.4, -0.2) is 23.1 Å². The fourth-order valence-corrected chi connectivity index (χ4v) is 3.39. The average molecular weight is 339 g/mol. The molecule has 0 amide bonds. The second-order valence-electron chi connectivity index (χ2n) is 6.09. The van der Waals surface area contributed by atoms with Gasteiger partial charge in [0.1, 0.15) is 16.8 Å². The number of halogens is 1. The summed E-state index contributed by atoms with van der Waals surface area (Å²) in [5.74, 6) is 1.86. The van der Waals surface area contributed by atoms with Crippen molar-refractivity contribution in [1.82, 2.24) is 9.97 Å². The minimum atomic E-state index is 0.531. The van der Waals surface area contributed by atoms with Crippen molar-refractivity contribution in [1.29, 1.82) is 0 Å². The Labute approximate surface area is 146 Å². The van der Waals surface area contributed by atoms with Crippen molar-refractivity contribution < 1.29 is 0 Å². The first-order valence-electron chi connectivity index (χ1n) is 8.29. The van der Waals surface area contributed by atoms with E-state index in [0.29, 0.717) is 11.7 Å². The summed E-state index contributed by atoms with van der Waals surface area (Å²) in [5.41, 5.74) is 1.19. The highest BCUT2D eigenvalue weighted by Crippen LogP contribution is 2.25. The highest BCUT2D eigenvalue weighted by Gasteiger charge is 2.13. The Kier molecular flexibility index (Phi) is 4.22. The van der Waals surface area contributed by atoms with E-state index >= 15 is 0 Å². The van der Waals surface area contributed by atoms with Gasteiger partial charge in [-0.3, -0.25) is 0 Å². The summed E-state index contributed by atoms with van der Waals surface area (Å²) < 4.78 is 0. The predicted molar refractivity (Wildman–Crippen MR) is 99.8 cm³/mol. The summed E-state index contributed by atoms with van der Waals surface area (Å²) in [5, 5.41) is 5.97.